The Bertz CT molecular complexity index is 349. The van der Waals surface area contributed by atoms with Crippen molar-refractivity contribution in [1.29, 1.82) is 0 Å². The maximum absolute atomic E-state index is 12.4. The van der Waals surface area contributed by atoms with Gasteiger partial charge < -0.3 is 24.7 Å². The first-order chi connectivity index (χ1) is 9.13. The molecule has 2 amide bonds. The summed E-state index contributed by atoms with van der Waals surface area (Å²) in [6.45, 7) is 1.49. The molecule has 2 heterocycles. The summed E-state index contributed by atoms with van der Waals surface area (Å²) < 4.78 is 5.29. The zero-order chi connectivity index (χ0) is 13.8. The molecule has 0 spiro atoms. The molecule has 19 heavy (non-hydrogen) atoms. The van der Waals surface area contributed by atoms with Crippen LogP contribution in [0.2, 0.25) is 0 Å². The van der Waals surface area contributed by atoms with E-state index in [9.17, 15) is 14.7 Å². The zero-order valence-corrected chi connectivity index (χ0v) is 10.8. The van der Waals surface area contributed by atoms with Crippen molar-refractivity contribution in [2.24, 2.45) is 0 Å². The third kappa shape index (κ3) is 3.16. The van der Waals surface area contributed by atoms with Crippen LogP contribution in [0.25, 0.3) is 0 Å². The Morgan fingerprint density at radius 2 is 2.05 bits per heavy atom. The number of carbonyl (C=O) groups excluding carboxylic acids is 1. The molecule has 108 valence electrons. The van der Waals surface area contributed by atoms with Gasteiger partial charge in [0.1, 0.15) is 6.04 Å². The fraction of sp³-hybridized carbons (Fsp3) is 0.833. The molecule has 0 aromatic heterocycles. The molecule has 0 bridgehead atoms. The molecule has 2 N–H and O–H groups in total. The van der Waals surface area contributed by atoms with E-state index in [0.717, 1.165) is 12.8 Å². The molecule has 0 aromatic rings. The van der Waals surface area contributed by atoms with Crippen molar-refractivity contribution in [3.8, 4) is 0 Å². The summed E-state index contributed by atoms with van der Waals surface area (Å²) in [4.78, 5) is 26.6. The third-order valence-electron chi connectivity index (χ3n) is 3.65. The van der Waals surface area contributed by atoms with Crippen molar-refractivity contribution in [2.45, 2.75) is 31.4 Å². The minimum Gasteiger partial charge on any atom is -0.480 e. The number of aliphatic hydroxyl groups is 1. The Morgan fingerprint density at radius 3 is 2.74 bits per heavy atom. The van der Waals surface area contributed by atoms with Crippen LogP contribution in [-0.4, -0.2) is 77.0 Å². The van der Waals surface area contributed by atoms with E-state index in [4.69, 9.17) is 9.84 Å². The van der Waals surface area contributed by atoms with Gasteiger partial charge in [-0.05, 0) is 19.3 Å². The van der Waals surface area contributed by atoms with E-state index in [1.54, 1.807) is 4.90 Å². The van der Waals surface area contributed by atoms with E-state index in [1.807, 2.05) is 0 Å². The second-order valence-electron chi connectivity index (χ2n) is 4.95. The molecule has 2 rings (SSSR count). The number of hydrogen-bond acceptors (Lipinski definition) is 4. The number of ether oxygens (including phenoxy) is 1. The number of piperidine rings is 1. The van der Waals surface area contributed by atoms with Gasteiger partial charge >= 0.3 is 12.0 Å². The smallest absolute Gasteiger partial charge is 0.326 e. The van der Waals surface area contributed by atoms with E-state index in [2.05, 4.69) is 0 Å². The van der Waals surface area contributed by atoms with Crippen LogP contribution in [0.3, 0.4) is 0 Å². The van der Waals surface area contributed by atoms with Crippen LogP contribution in [-0.2, 0) is 9.53 Å². The molecule has 2 fully saturated rings. The van der Waals surface area contributed by atoms with Crippen LogP contribution >= 0.6 is 0 Å². The average molecular weight is 272 g/mol. The molecule has 0 saturated carbocycles. The molecule has 0 aliphatic carbocycles. The quantitative estimate of drug-likeness (QED) is 0.722. The molecular weight excluding hydrogens is 252 g/mol. The highest BCUT2D eigenvalue weighted by molar-refractivity contribution is 5.83. The number of aliphatic hydroxyl groups excluding tert-OH is 1. The van der Waals surface area contributed by atoms with Crippen molar-refractivity contribution >= 4 is 12.0 Å². The van der Waals surface area contributed by atoms with Gasteiger partial charge in [-0.3, -0.25) is 0 Å². The lowest BCUT2D eigenvalue weighted by atomic mass is 10.0. The first-order valence-electron chi connectivity index (χ1n) is 6.64. The summed E-state index contributed by atoms with van der Waals surface area (Å²) in [7, 11) is 0. The van der Waals surface area contributed by atoms with Gasteiger partial charge in [-0.15, -0.1) is 0 Å². The van der Waals surface area contributed by atoms with Gasteiger partial charge in [0.05, 0.1) is 25.9 Å². The lowest BCUT2D eigenvalue weighted by Crippen LogP contribution is -2.57. The van der Waals surface area contributed by atoms with Crippen LogP contribution in [0.5, 0.6) is 0 Å². The fourth-order valence-electron chi connectivity index (χ4n) is 2.60. The maximum atomic E-state index is 12.4. The molecule has 7 heteroatoms. The molecule has 2 unspecified atom stereocenters. The maximum Gasteiger partial charge on any atom is 0.326 e. The van der Waals surface area contributed by atoms with E-state index < -0.39 is 12.0 Å². The summed E-state index contributed by atoms with van der Waals surface area (Å²) in [5, 5.41) is 18.2. The minimum absolute atomic E-state index is 0.133. The number of aliphatic carboxylic acids is 1. The zero-order valence-electron chi connectivity index (χ0n) is 10.8. The lowest BCUT2D eigenvalue weighted by Gasteiger charge is -2.39. The van der Waals surface area contributed by atoms with Crippen molar-refractivity contribution < 1.29 is 24.5 Å². The van der Waals surface area contributed by atoms with Crippen molar-refractivity contribution in [3.05, 3.63) is 0 Å². The molecule has 2 aliphatic heterocycles. The predicted octanol–water partition coefficient (Wildman–Crippen LogP) is -0.261. The number of rotatable bonds is 2. The van der Waals surface area contributed by atoms with Crippen LogP contribution in [0.1, 0.15) is 19.3 Å². The first-order valence-corrected chi connectivity index (χ1v) is 6.64. The molecule has 2 aliphatic rings. The summed E-state index contributed by atoms with van der Waals surface area (Å²) in [6.07, 6.45) is 1.81. The number of carbonyl (C=O) groups is 2. The van der Waals surface area contributed by atoms with E-state index in [-0.39, 0.29) is 18.7 Å². The van der Waals surface area contributed by atoms with Gasteiger partial charge in [-0.2, -0.15) is 0 Å². The standard InChI is InChI=1S/C12H20N2O5/c15-8-9-7-13(5-6-19-9)12(18)14-4-2-1-3-10(14)11(16)17/h9-10,15H,1-8H2,(H,16,17). The minimum atomic E-state index is -0.944. The van der Waals surface area contributed by atoms with Crippen molar-refractivity contribution in [2.75, 3.05) is 32.8 Å². The van der Waals surface area contributed by atoms with Gasteiger partial charge in [0.25, 0.3) is 0 Å². The largest absolute Gasteiger partial charge is 0.480 e. The van der Waals surface area contributed by atoms with Gasteiger partial charge in [0.15, 0.2) is 0 Å². The predicted molar refractivity (Wildman–Crippen MR) is 65.8 cm³/mol. The van der Waals surface area contributed by atoms with Crippen LogP contribution in [0.15, 0.2) is 0 Å². The number of urea groups is 1. The number of nitrogens with zero attached hydrogens (tertiary/aromatic N) is 2. The number of amides is 2. The monoisotopic (exact) mass is 272 g/mol. The van der Waals surface area contributed by atoms with Gasteiger partial charge in [-0.1, -0.05) is 0 Å². The Hall–Kier alpha value is -1.34. The van der Waals surface area contributed by atoms with Gasteiger partial charge in [-0.25, -0.2) is 9.59 Å². The highest BCUT2D eigenvalue weighted by atomic mass is 16.5. The number of hydrogen-bond donors (Lipinski definition) is 2. The van der Waals surface area contributed by atoms with Crippen molar-refractivity contribution in [1.82, 2.24) is 9.80 Å². The molecule has 0 aromatic carbocycles. The van der Waals surface area contributed by atoms with E-state index >= 15 is 0 Å². The van der Waals surface area contributed by atoms with Crippen LogP contribution in [0.4, 0.5) is 4.79 Å². The topological polar surface area (TPSA) is 90.3 Å². The normalized spacial score (nSPS) is 28.3. The Labute approximate surface area is 111 Å². The number of carboxylic acids is 1. The number of likely N-dealkylation sites (tertiary alicyclic amines) is 1. The summed E-state index contributed by atoms with van der Waals surface area (Å²) in [6, 6.07) is -0.981. The molecule has 2 atom stereocenters. The Kier molecular flexibility index (Phi) is 4.60. The second-order valence-corrected chi connectivity index (χ2v) is 4.95. The Morgan fingerprint density at radius 1 is 1.26 bits per heavy atom. The van der Waals surface area contributed by atoms with Gasteiger partial charge in [0, 0.05) is 13.1 Å². The highest BCUT2D eigenvalue weighted by Crippen LogP contribution is 2.20. The Balaban J connectivity index is 2.02. The molecule has 7 nitrogen and oxygen atoms in total. The fourth-order valence-corrected chi connectivity index (χ4v) is 2.60. The summed E-state index contributed by atoms with van der Waals surface area (Å²) in [5.74, 6) is -0.944. The second kappa shape index (κ2) is 6.21. The van der Waals surface area contributed by atoms with Gasteiger partial charge in [0.2, 0.25) is 0 Å². The lowest BCUT2D eigenvalue weighted by molar-refractivity contribution is -0.143. The first kappa shape index (κ1) is 14.1. The van der Waals surface area contributed by atoms with Crippen LogP contribution < -0.4 is 0 Å². The van der Waals surface area contributed by atoms with E-state index in [1.165, 1.54) is 4.90 Å². The molecular formula is C12H20N2O5. The third-order valence-corrected chi connectivity index (χ3v) is 3.65. The number of morpholine rings is 1. The van der Waals surface area contributed by atoms with Crippen LogP contribution in [0, 0.1) is 0 Å². The van der Waals surface area contributed by atoms with E-state index in [0.29, 0.717) is 32.7 Å². The summed E-state index contributed by atoms with van der Waals surface area (Å²) >= 11 is 0. The molecule has 2 saturated heterocycles. The summed E-state index contributed by atoms with van der Waals surface area (Å²) in [5.41, 5.74) is 0. The number of carboxylic acid groups (broad SMARTS) is 1. The molecule has 0 radical (unpaired) electrons. The SMILES string of the molecule is O=C(O)C1CCCCN1C(=O)N1CCOC(CO)C1. The van der Waals surface area contributed by atoms with Crippen molar-refractivity contribution in [3.63, 3.8) is 0 Å². The average Bonchev–Trinajstić information content (AvgIpc) is 2.46. The highest BCUT2D eigenvalue weighted by Gasteiger charge is 2.35.